The first-order chi connectivity index (χ1) is 8.62. The van der Waals surface area contributed by atoms with Gasteiger partial charge in [-0.3, -0.25) is 9.35 Å². The van der Waals surface area contributed by atoms with Gasteiger partial charge in [-0.2, -0.15) is 8.42 Å². The van der Waals surface area contributed by atoms with Gasteiger partial charge in [-0.1, -0.05) is 0 Å². The Morgan fingerprint density at radius 1 is 1.32 bits per heavy atom. The molecule has 0 unspecified atom stereocenters. The summed E-state index contributed by atoms with van der Waals surface area (Å²) < 4.78 is 30.7. The quantitative estimate of drug-likeness (QED) is 0.476. The number of carboxylic acids is 1. The summed E-state index contributed by atoms with van der Waals surface area (Å²) in [5, 5.41) is 19.2. The molecule has 1 saturated carbocycles. The van der Waals surface area contributed by atoms with Crippen molar-refractivity contribution in [3.8, 4) is 0 Å². The van der Waals surface area contributed by atoms with Crippen molar-refractivity contribution in [3.05, 3.63) is 0 Å². The topological polar surface area (TPSA) is 141 Å². The van der Waals surface area contributed by atoms with Crippen LogP contribution in [0.3, 0.4) is 0 Å². The predicted molar refractivity (Wildman–Crippen MR) is 63.9 cm³/mol. The number of amides is 1. The van der Waals surface area contributed by atoms with Crippen LogP contribution in [-0.2, 0) is 19.7 Å². The number of nitrogens with one attached hydrogen (secondary N) is 1. The molecule has 4 atom stereocenters. The van der Waals surface area contributed by atoms with Crippen LogP contribution in [0, 0.1) is 5.92 Å². The lowest BCUT2D eigenvalue weighted by atomic mass is 10.1. The van der Waals surface area contributed by atoms with Gasteiger partial charge in [0.2, 0.25) is 5.91 Å². The third kappa shape index (κ3) is 4.15. The molecule has 1 aliphatic rings. The van der Waals surface area contributed by atoms with E-state index in [1.807, 2.05) is 0 Å². The summed E-state index contributed by atoms with van der Waals surface area (Å²) in [5.74, 6) is -2.67. The second kappa shape index (κ2) is 5.85. The van der Waals surface area contributed by atoms with Gasteiger partial charge >= 0.3 is 5.97 Å². The Bertz CT molecular complexity index is 458. The van der Waals surface area contributed by atoms with Crippen molar-refractivity contribution in [1.82, 2.24) is 5.32 Å². The number of aliphatic hydroxyl groups is 1. The summed E-state index contributed by atoms with van der Waals surface area (Å²) in [7, 11) is -4.18. The lowest BCUT2D eigenvalue weighted by molar-refractivity contribution is -0.145. The summed E-state index contributed by atoms with van der Waals surface area (Å²) in [6.45, 7) is 1.23. The summed E-state index contributed by atoms with van der Waals surface area (Å²) in [6.07, 6.45) is -0.900. The van der Waals surface area contributed by atoms with Crippen molar-refractivity contribution in [2.75, 3.05) is 0 Å². The molecule has 8 nitrogen and oxygen atoms in total. The van der Waals surface area contributed by atoms with E-state index in [0.717, 1.165) is 0 Å². The van der Waals surface area contributed by atoms with Gasteiger partial charge in [0.05, 0.1) is 11.4 Å². The SMILES string of the molecule is C[C@H](O)[C@H](NC(=O)[C@H]1CC[C@H](S(=O)(=O)O)C1)C(=O)O. The van der Waals surface area contributed by atoms with Gasteiger partial charge in [0.25, 0.3) is 10.1 Å². The number of carbonyl (C=O) groups is 2. The van der Waals surface area contributed by atoms with E-state index in [-0.39, 0.29) is 19.3 Å². The first kappa shape index (κ1) is 15.9. The molecule has 0 bridgehead atoms. The second-order valence-electron chi connectivity index (χ2n) is 4.71. The molecule has 0 aromatic heterocycles. The molecule has 0 spiro atoms. The first-order valence-corrected chi connectivity index (χ1v) is 7.30. The maximum Gasteiger partial charge on any atom is 0.328 e. The second-order valence-corrected chi connectivity index (χ2v) is 6.41. The van der Waals surface area contributed by atoms with Crippen LogP contribution in [0.25, 0.3) is 0 Å². The molecule has 9 heteroatoms. The molecule has 0 aliphatic heterocycles. The van der Waals surface area contributed by atoms with Gasteiger partial charge in [0, 0.05) is 5.92 Å². The summed E-state index contributed by atoms with van der Waals surface area (Å²) in [4.78, 5) is 22.6. The van der Waals surface area contributed by atoms with Crippen molar-refractivity contribution in [2.24, 2.45) is 5.92 Å². The van der Waals surface area contributed by atoms with Gasteiger partial charge in [0.1, 0.15) is 0 Å². The van der Waals surface area contributed by atoms with Crippen LogP contribution in [-0.4, -0.2) is 52.5 Å². The molecular weight excluding hydrogens is 278 g/mol. The Balaban J connectivity index is 2.63. The minimum Gasteiger partial charge on any atom is -0.480 e. The normalized spacial score (nSPS) is 26.7. The van der Waals surface area contributed by atoms with E-state index in [1.165, 1.54) is 6.92 Å². The highest BCUT2D eigenvalue weighted by Gasteiger charge is 2.38. The van der Waals surface area contributed by atoms with Crippen molar-refractivity contribution < 1.29 is 32.8 Å². The maximum absolute atomic E-state index is 11.8. The van der Waals surface area contributed by atoms with Crippen LogP contribution in [0.4, 0.5) is 0 Å². The van der Waals surface area contributed by atoms with Crippen molar-refractivity contribution in [2.45, 2.75) is 43.6 Å². The highest BCUT2D eigenvalue weighted by molar-refractivity contribution is 7.86. The largest absolute Gasteiger partial charge is 0.480 e. The minimum atomic E-state index is -4.18. The molecule has 0 saturated heterocycles. The minimum absolute atomic E-state index is 0.0448. The Kier molecular flexibility index (Phi) is 4.88. The fourth-order valence-corrected chi connectivity index (χ4v) is 3.02. The van der Waals surface area contributed by atoms with Crippen LogP contribution < -0.4 is 5.32 Å². The zero-order valence-corrected chi connectivity index (χ0v) is 11.1. The molecule has 19 heavy (non-hydrogen) atoms. The fraction of sp³-hybridized carbons (Fsp3) is 0.800. The lowest BCUT2D eigenvalue weighted by Crippen LogP contribution is -2.49. The summed E-state index contributed by atoms with van der Waals surface area (Å²) >= 11 is 0. The molecular formula is C10H17NO7S. The van der Waals surface area contributed by atoms with Crippen LogP contribution in [0.5, 0.6) is 0 Å². The Labute approximate surface area is 110 Å². The molecule has 110 valence electrons. The van der Waals surface area contributed by atoms with Crippen molar-refractivity contribution >= 4 is 22.0 Å². The number of rotatable bonds is 5. The van der Waals surface area contributed by atoms with Gasteiger partial charge in [-0.05, 0) is 26.2 Å². The van der Waals surface area contributed by atoms with E-state index >= 15 is 0 Å². The van der Waals surface area contributed by atoms with Crippen LogP contribution >= 0.6 is 0 Å². The Morgan fingerprint density at radius 3 is 2.26 bits per heavy atom. The van der Waals surface area contributed by atoms with Gasteiger partial charge in [-0.25, -0.2) is 4.79 Å². The van der Waals surface area contributed by atoms with Crippen LogP contribution in [0.15, 0.2) is 0 Å². The number of hydrogen-bond acceptors (Lipinski definition) is 5. The molecule has 1 fully saturated rings. The average Bonchev–Trinajstić information content (AvgIpc) is 2.73. The van der Waals surface area contributed by atoms with Crippen molar-refractivity contribution in [3.63, 3.8) is 0 Å². The molecule has 1 rings (SSSR count). The Hall–Kier alpha value is -1.19. The van der Waals surface area contributed by atoms with Gasteiger partial charge < -0.3 is 15.5 Å². The predicted octanol–water partition coefficient (Wildman–Crippen LogP) is -1.01. The standard InChI is InChI=1S/C10H17NO7S/c1-5(12)8(10(14)15)11-9(13)6-2-3-7(4-6)19(16,17)18/h5-8,12H,2-4H2,1H3,(H,11,13)(H,14,15)(H,16,17,18)/t5-,6-,7-,8-/m0/s1. The first-order valence-electron chi connectivity index (χ1n) is 5.80. The summed E-state index contributed by atoms with van der Waals surface area (Å²) in [6, 6.07) is -1.43. The number of aliphatic hydroxyl groups excluding tert-OH is 1. The van der Waals surface area contributed by atoms with E-state index in [9.17, 15) is 23.1 Å². The number of carbonyl (C=O) groups excluding carboxylic acids is 1. The average molecular weight is 295 g/mol. The van der Waals surface area contributed by atoms with E-state index in [0.29, 0.717) is 0 Å². The Morgan fingerprint density at radius 2 is 1.89 bits per heavy atom. The van der Waals surface area contributed by atoms with Crippen LogP contribution in [0.1, 0.15) is 26.2 Å². The number of carboxylic acid groups (broad SMARTS) is 1. The molecule has 0 aromatic carbocycles. The smallest absolute Gasteiger partial charge is 0.328 e. The molecule has 0 radical (unpaired) electrons. The van der Waals surface area contributed by atoms with Gasteiger partial charge in [0.15, 0.2) is 6.04 Å². The molecule has 1 amide bonds. The van der Waals surface area contributed by atoms with E-state index < -0.39 is 45.3 Å². The lowest BCUT2D eigenvalue weighted by Gasteiger charge is -2.19. The third-order valence-electron chi connectivity index (χ3n) is 3.22. The molecule has 0 heterocycles. The van der Waals surface area contributed by atoms with Crippen molar-refractivity contribution in [1.29, 1.82) is 0 Å². The van der Waals surface area contributed by atoms with E-state index in [2.05, 4.69) is 5.32 Å². The fourth-order valence-electron chi connectivity index (χ4n) is 2.11. The molecule has 4 N–H and O–H groups in total. The number of aliphatic carboxylic acids is 1. The molecule has 0 aromatic rings. The molecule has 1 aliphatic carbocycles. The van der Waals surface area contributed by atoms with Crippen LogP contribution in [0.2, 0.25) is 0 Å². The highest BCUT2D eigenvalue weighted by atomic mass is 32.2. The van der Waals surface area contributed by atoms with Gasteiger partial charge in [-0.15, -0.1) is 0 Å². The number of hydrogen-bond donors (Lipinski definition) is 4. The zero-order valence-electron chi connectivity index (χ0n) is 10.3. The summed E-state index contributed by atoms with van der Waals surface area (Å²) in [5.41, 5.74) is 0. The van der Waals surface area contributed by atoms with E-state index in [4.69, 9.17) is 9.66 Å². The van der Waals surface area contributed by atoms with E-state index in [1.54, 1.807) is 0 Å². The zero-order chi connectivity index (χ0) is 14.8. The third-order valence-corrected chi connectivity index (χ3v) is 4.49. The monoisotopic (exact) mass is 295 g/mol. The highest BCUT2D eigenvalue weighted by Crippen LogP contribution is 2.30. The maximum atomic E-state index is 11.8.